The summed E-state index contributed by atoms with van der Waals surface area (Å²) in [6, 6.07) is 8.39. The van der Waals surface area contributed by atoms with Gasteiger partial charge in [-0.3, -0.25) is 0 Å². The molecule has 2 fully saturated rings. The smallest absolute Gasteiger partial charge is 0.322 e. The number of halogens is 2. The van der Waals surface area contributed by atoms with Crippen LogP contribution >= 0.6 is 23.2 Å². The summed E-state index contributed by atoms with van der Waals surface area (Å²) < 4.78 is 1.33. The van der Waals surface area contributed by atoms with E-state index in [4.69, 9.17) is 23.2 Å². The Hall–Kier alpha value is -1.56. The van der Waals surface area contributed by atoms with Gasteiger partial charge in [-0.25, -0.2) is 4.79 Å². The van der Waals surface area contributed by atoms with Crippen LogP contribution in [0.3, 0.4) is 0 Å². The van der Waals surface area contributed by atoms with Crippen molar-refractivity contribution in [3.05, 3.63) is 52.3 Å². The summed E-state index contributed by atoms with van der Waals surface area (Å²) in [6.45, 7) is 2.44. The number of carbonyl (C=O) groups is 1. The number of benzene rings is 1. The molecule has 132 valence electrons. The lowest BCUT2D eigenvalue weighted by Crippen LogP contribution is -2.35. The average molecular weight is 379 g/mol. The van der Waals surface area contributed by atoms with E-state index in [0.29, 0.717) is 22.9 Å². The minimum atomic E-state index is -0.0789. The Morgan fingerprint density at radius 2 is 1.96 bits per heavy atom. The zero-order chi connectivity index (χ0) is 17.4. The first-order valence-corrected chi connectivity index (χ1v) is 9.31. The van der Waals surface area contributed by atoms with Crippen LogP contribution in [0.15, 0.2) is 36.7 Å². The van der Waals surface area contributed by atoms with Gasteiger partial charge in [0.2, 0.25) is 0 Å². The van der Waals surface area contributed by atoms with Crippen molar-refractivity contribution in [3.63, 3.8) is 0 Å². The lowest BCUT2D eigenvalue weighted by molar-refractivity contribution is 0.202. The van der Waals surface area contributed by atoms with Gasteiger partial charge in [0.25, 0.3) is 0 Å². The van der Waals surface area contributed by atoms with Crippen molar-refractivity contribution in [2.75, 3.05) is 13.1 Å². The van der Waals surface area contributed by atoms with Gasteiger partial charge in [0, 0.05) is 30.7 Å². The number of nitrogens with zero attached hydrogens (tertiary/aromatic N) is 3. The van der Waals surface area contributed by atoms with Gasteiger partial charge >= 0.3 is 6.03 Å². The Balaban J connectivity index is 1.29. The van der Waals surface area contributed by atoms with Crippen LogP contribution in [0.2, 0.25) is 10.0 Å². The number of hydrogen-bond acceptors (Lipinski definition) is 3. The van der Waals surface area contributed by atoms with E-state index in [0.717, 1.165) is 37.5 Å². The molecule has 1 aliphatic carbocycles. The minimum absolute atomic E-state index is 0.0789. The van der Waals surface area contributed by atoms with E-state index in [-0.39, 0.29) is 6.03 Å². The SMILES string of the molecule is O=C(N1C[C@H]2C[C@@H](NCc3cccc(Cl)c3)C[C@H]2C1)n1cc(Cl)cn1. The fourth-order valence-electron chi connectivity index (χ4n) is 4.08. The number of carbonyl (C=O) groups excluding carboxylic acids is 1. The number of aromatic nitrogens is 2. The van der Waals surface area contributed by atoms with Gasteiger partial charge in [-0.2, -0.15) is 9.78 Å². The van der Waals surface area contributed by atoms with E-state index in [9.17, 15) is 4.79 Å². The van der Waals surface area contributed by atoms with E-state index in [1.165, 1.54) is 16.4 Å². The first kappa shape index (κ1) is 16.9. The first-order valence-electron chi connectivity index (χ1n) is 8.56. The van der Waals surface area contributed by atoms with Crippen molar-refractivity contribution in [2.24, 2.45) is 11.8 Å². The summed E-state index contributed by atoms with van der Waals surface area (Å²) in [5.41, 5.74) is 1.21. The molecule has 0 radical (unpaired) electrons. The van der Waals surface area contributed by atoms with E-state index in [1.54, 1.807) is 6.20 Å². The topological polar surface area (TPSA) is 50.2 Å². The second-order valence-corrected chi connectivity index (χ2v) is 7.86. The summed E-state index contributed by atoms with van der Waals surface area (Å²) in [4.78, 5) is 14.3. The van der Waals surface area contributed by atoms with Gasteiger partial charge < -0.3 is 10.2 Å². The average Bonchev–Trinajstić information content (AvgIpc) is 3.26. The highest BCUT2D eigenvalue weighted by Crippen LogP contribution is 2.38. The molecule has 2 heterocycles. The van der Waals surface area contributed by atoms with Crippen molar-refractivity contribution < 1.29 is 4.79 Å². The number of hydrogen-bond donors (Lipinski definition) is 1. The number of nitrogens with one attached hydrogen (secondary N) is 1. The summed E-state index contributed by atoms with van der Waals surface area (Å²) in [5.74, 6) is 1.12. The summed E-state index contributed by atoms with van der Waals surface area (Å²) in [5, 5.41) is 8.90. The molecule has 2 aliphatic rings. The minimum Gasteiger partial charge on any atom is -0.322 e. The molecule has 25 heavy (non-hydrogen) atoms. The van der Waals surface area contributed by atoms with Crippen molar-refractivity contribution in [2.45, 2.75) is 25.4 Å². The molecular formula is C18H20Cl2N4O. The Morgan fingerprint density at radius 3 is 2.60 bits per heavy atom. The molecule has 5 nitrogen and oxygen atoms in total. The highest BCUT2D eigenvalue weighted by molar-refractivity contribution is 6.30. The van der Waals surface area contributed by atoms with Gasteiger partial charge in [-0.1, -0.05) is 35.3 Å². The summed E-state index contributed by atoms with van der Waals surface area (Å²) >= 11 is 11.9. The van der Waals surface area contributed by atoms with E-state index < -0.39 is 0 Å². The molecule has 0 spiro atoms. The maximum absolute atomic E-state index is 12.5. The monoisotopic (exact) mass is 378 g/mol. The molecule has 1 aromatic carbocycles. The zero-order valence-electron chi connectivity index (χ0n) is 13.7. The Bertz CT molecular complexity index is 764. The van der Waals surface area contributed by atoms with Gasteiger partial charge in [-0.05, 0) is 42.4 Å². The van der Waals surface area contributed by atoms with Crippen molar-refractivity contribution in [1.29, 1.82) is 0 Å². The van der Waals surface area contributed by atoms with Crippen LogP contribution < -0.4 is 5.32 Å². The van der Waals surface area contributed by atoms with Crippen molar-refractivity contribution in [1.82, 2.24) is 20.0 Å². The Labute approximate surface area is 156 Å². The molecule has 1 aliphatic heterocycles. The van der Waals surface area contributed by atoms with Crippen molar-refractivity contribution in [3.8, 4) is 0 Å². The predicted molar refractivity (Wildman–Crippen MR) is 97.9 cm³/mol. The molecule has 0 unspecified atom stereocenters. The fourth-order valence-corrected chi connectivity index (χ4v) is 4.43. The summed E-state index contributed by atoms with van der Waals surface area (Å²) in [6.07, 6.45) is 5.27. The molecule has 1 aromatic heterocycles. The molecule has 1 N–H and O–H groups in total. The van der Waals surface area contributed by atoms with Crippen molar-refractivity contribution >= 4 is 29.2 Å². The maximum Gasteiger partial charge on any atom is 0.344 e. The molecule has 1 amide bonds. The van der Waals surface area contributed by atoms with Crippen LogP contribution in [0.25, 0.3) is 0 Å². The molecular weight excluding hydrogens is 359 g/mol. The summed E-state index contributed by atoms with van der Waals surface area (Å²) in [7, 11) is 0. The zero-order valence-corrected chi connectivity index (χ0v) is 15.2. The van der Waals surface area contributed by atoms with Crippen LogP contribution in [-0.4, -0.2) is 39.8 Å². The Morgan fingerprint density at radius 1 is 1.20 bits per heavy atom. The third kappa shape index (κ3) is 3.68. The highest BCUT2D eigenvalue weighted by atomic mass is 35.5. The molecule has 2 aromatic rings. The molecule has 3 atom stereocenters. The van der Waals surface area contributed by atoms with Gasteiger partial charge in [0.15, 0.2) is 0 Å². The van der Waals surface area contributed by atoms with Gasteiger partial charge in [0.1, 0.15) is 0 Å². The van der Waals surface area contributed by atoms with Gasteiger partial charge in [0.05, 0.1) is 17.4 Å². The lowest BCUT2D eigenvalue weighted by atomic mass is 10.0. The third-order valence-electron chi connectivity index (χ3n) is 5.25. The highest BCUT2D eigenvalue weighted by Gasteiger charge is 2.42. The van der Waals surface area contributed by atoms with Gasteiger partial charge in [-0.15, -0.1) is 0 Å². The van der Waals surface area contributed by atoms with E-state index in [1.807, 2.05) is 23.1 Å². The molecule has 1 saturated heterocycles. The third-order valence-corrected chi connectivity index (χ3v) is 5.68. The van der Waals surface area contributed by atoms with E-state index >= 15 is 0 Å². The normalized spacial score (nSPS) is 25.4. The second-order valence-electron chi connectivity index (χ2n) is 6.99. The fraction of sp³-hybridized carbons (Fsp3) is 0.444. The van der Waals surface area contributed by atoms with E-state index in [2.05, 4.69) is 16.5 Å². The van der Waals surface area contributed by atoms with Crippen LogP contribution in [0, 0.1) is 11.8 Å². The molecule has 1 saturated carbocycles. The predicted octanol–water partition coefficient (Wildman–Crippen LogP) is 3.66. The standard InChI is InChI=1S/C18H20Cl2N4O/c19-15-3-1-2-12(4-15)7-21-17-5-13-9-23(10-14(13)6-17)18(25)24-11-16(20)8-22-24/h1-4,8,11,13-14,17,21H,5-7,9-10H2/t13-,14+,17-. The van der Waals surface area contributed by atoms with Crippen LogP contribution in [0.4, 0.5) is 4.79 Å². The quantitative estimate of drug-likeness (QED) is 0.886. The first-order chi connectivity index (χ1) is 12.1. The van der Waals surface area contributed by atoms with Crippen LogP contribution in [-0.2, 0) is 6.54 Å². The molecule has 4 rings (SSSR count). The van der Waals surface area contributed by atoms with Crippen LogP contribution in [0.1, 0.15) is 18.4 Å². The van der Waals surface area contributed by atoms with Crippen LogP contribution in [0.5, 0.6) is 0 Å². The number of rotatable bonds is 3. The second kappa shape index (κ2) is 6.98. The lowest BCUT2D eigenvalue weighted by Gasteiger charge is -2.19. The number of likely N-dealkylation sites (tertiary alicyclic amines) is 1. The number of amides is 1. The Kier molecular flexibility index (Phi) is 4.71. The maximum atomic E-state index is 12.5. The molecule has 7 heteroatoms. The molecule has 0 bridgehead atoms. The largest absolute Gasteiger partial charge is 0.344 e. The number of fused-ring (bicyclic) bond motifs is 1.